The van der Waals surface area contributed by atoms with Crippen molar-refractivity contribution in [2.75, 3.05) is 26.8 Å². The molecule has 3 fully saturated rings. The maximum Gasteiger partial charge on any atom is 0.226 e. The first-order valence-corrected chi connectivity index (χ1v) is 10.0. The van der Waals surface area contributed by atoms with Crippen molar-refractivity contribution in [3.63, 3.8) is 0 Å². The topological polar surface area (TPSA) is 51.2 Å². The summed E-state index contributed by atoms with van der Waals surface area (Å²) in [6, 6.07) is 3.78. The van der Waals surface area contributed by atoms with E-state index in [1.54, 1.807) is 13.2 Å². The smallest absolute Gasteiger partial charge is 0.226 e. The van der Waals surface area contributed by atoms with Crippen molar-refractivity contribution in [2.45, 2.75) is 57.5 Å². The molecule has 6 nitrogen and oxygen atoms in total. The number of benzene rings is 1. The Morgan fingerprint density at radius 2 is 2.19 bits per heavy atom. The van der Waals surface area contributed by atoms with E-state index in [1.165, 1.54) is 0 Å². The van der Waals surface area contributed by atoms with Gasteiger partial charge in [-0.2, -0.15) is 0 Å². The molecule has 4 rings (SSSR count). The number of ether oxygens (including phenoxy) is 3. The number of nitrogens with zero attached hydrogens (tertiary/aromatic N) is 2. The highest BCUT2D eigenvalue weighted by Crippen LogP contribution is 2.46. The summed E-state index contributed by atoms with van der Waals surface area (Å²) in [6.07, 6.45) is 2.30. The van der Waals surface area contributed by atoms with Crippen molar-refractivity contribution < 1.29 is 19.0 Å². The van der Waals surface area contributed by atoms with E-state index >= 15 is 0 Å². The SMILES string of the molecule is COc1cc(Cl)cc(CN2CC[C@@]34OCCCN3C(=O)C[C@@H]24)c1OC(C)C. The summed E-state index contributed by atoms with van der Waals surface area (Å²) >= 11 is 6.33. The molecule has 3 aliphatic heterocycles. The largest absolute Gasteiger partial charge is 0.493 e. The summed E-state index contributed by atoms with van der Waals surface area (Å²) in [7, 11) is 1.62. The van der Waals surface area contributed by atoms with Gasteiger partial charge in [-0.05, 0) is 26.3 Å². The van der Waals surface area contributed by atoms with Crippen LogP contribution in [0.2, 0.25) is 5.02 Å². The van der Waals surface area contributed by atoms with Crippen LogP contribution in [-0.2, 0) is 16.1 Å². The van der Waals surface area contributed by atoms with Gasteiger partial charge in [0.2, 0.25) is 5.91 Å². The van der Waals surface area contributed by atoms with Crippen molar-refractivity contribution in [3.05, 3.63) is 22.7 Å². The van der Waals surface area contributed by atoms with Gasteiger partial charge >= 0.3 is 0 Å². The van der Waals surface area contributed by atoms with Crippen LogP contribution < -0.4 is 9.47 Å². The minimum atomic E-state index is -0.447. The van der Waals surface area contributed by atoms with Gasteiger partial charge in [-0.15, -0.1) is 0 Å². The number of hydrogen-bond acceptors (Lipinski definition) is 5. The van der Waals surface area contributed by atoms with Gasteiger partial charge < -0.3 is 19.1 Å². The highest BCUT2D eigenvalue weighted by atomic mass is 35.5. The summed E-state index contributed by atoms with van der Waals surface area (Å²) in [6.45, 7) is 7.04. The molecular formula is C20H27ClN2O4. The van der Waals surface area contributed by atoms with Crippen LogP contribution in [0.4, 0.5) is 0 Å². The van der Waals surface area contributed by atoms with Crippen LogP contribution in [0.3, 0.4) is 0 Å². The third-order valence-electron chi connectivity index (χ3n) is 5.77. The maximum atomic E-state index is 12.5. The molecule has 0 bridgehead atoms. The minimum Gasteiger partial charge on any atom is -0.493 e. The lowest BCUT2D eigenvalue weighted by Gasteiger charge is -2.42. The lowest BCUT2D eigenvalue weighted by molar-refractivity contribution is -0.180. The van der Waals surface area contributed by atoms with Gasteiger partial charge in [-0.3, -0.25) is 9.69 Å². The van der Waals surface area contributed by atoms with E-state index < -0.39 is 5.72 Å². The predicted molar refractivity (Wildman–Crippen MR) is 102 cm³/mol. The normalized spacial score (nSPS) is 27.8. The van der Waals surface area contributed by atoms with E-state index in [4.69, 9.17) is 25.8 Å². The number of rotatable bonds is 5. The first kappa shape index (κ1) is 18.8. The Morgan fingerprint density at radius 1 is 1.37 bits per heavy atom. The van der Waals surface area contributed by atoms with Crippen LogP contribution in [-0.4, -0.2) is 60.4 Å². The van der Waals surface area contributed by atoms with Crippen LogP contribution in [0.1, 0.15) is 38.7 Å². The molecule has 1 aromatic carbocycles. The molecule has 3 heterocycles. The lowest BCUT2D eigenvalue weighted by atomic mass is 10.0. The van der Waals surface area contributed by atoms with Crippen LogP contribution in [0.25, 0.3) is 0 Å². The van der Waals surface area contributed by atoms with E-state index in [0.717, 1.165) is 43.9 Å². The summed E-state index contributed by atoms with van der Waals surface area (Å²) in [5.41, 5.74) is 0.531. The Labute approximate surface area is 165 Å². The molecule has 0 aliphatic carbocycles. The van der Waals surface area contributed by atoms with Gasteiger partial charge in [0.25, 0.3) is 0 Å². The van der Waals surface area contributed by atoms with Crippen LogP contribution >= 0.6 is 11.6 Å². The Morgan fingerprint density at radius 3 is 2.93 bits per heavy atom. The minimum absolute atomic E-state index is 0.0222. The quantitative estimate of drug-likeness (QED) is 0.768. The molecule has 3 aliphatic rings. The second-order valence-corrected chi connectivity index (χ2v) is 8.23. The first-order valence-electron chi connectivity index (χ1n) is 9.66. The van der Waals surface area contributed by atoms with Crippen molar-refractivity contribution in [3.8, 4) is 11.5 Å². The molecule has 1 aromatic rings. The van der Waals surface area contributed by atoms with E-state index in [9.17, 15) is 4.79 Å². The molecule has 0 unspecified atom stereocenters. The Balaban J connectivity index is 1.63. The molecule has 3 saturated heterocycles. The molecule has 0 aromatic heterocycles. The van der Waals surface area contributed by atoms with Gasteiger partial charge in [-0.25, -0.2) is 0 Å². The van der Waals surface area contributed by atoms with E-state index in [1.807, 2.05) is 24.8 Å². The highest BCUT2D eigenvalue weighted by molar-refractivity contribution is 6.30. The number of amides is 1. The third kappa shape index (κ3) is 3.18. The number of methoxy groups -OCH3 is 1. The average molecular weight is 395 g/mol. The standard InChI is InChI=1S/C20H27ClN2O4/c1-13(2)27-19-14(9-15(21)10-16(19)25-3)12-22-7-5-20-17(22)11-18(24)23(20)6-4-8-26-20/h9-10,13,17H,4-8,11-12H2,1-3H3/t17-,20+/m1/s1. The average Bonchev–Trinajstić information content (AvgIpc) is 3.10. The number of likely N-dealkylation sites (tertiary alicyclic amines) is 1. The van der Waals surface area contributed by atoms with E-state index in [0.29, 0.717) is 23.7 Å². The summed E-state index contributed by atoms with van der Waals surface area (Å²) in [4.78, 5) is 16.8. The Kier molecular flexibility index (Phi) is 4.99. The van der Waals surface area contributed by atoms with E-state index in [2.05, 4.69) is 4.90 Å². The maximum absolute atomic E-state index is 12.5. The monoisotopic (exact) mass is 394 g/mol. The molecule has 2 atom stereocenters. The van der Waals surface area contributed by atoms with Crippen LogP contribution in [0.15, 0.2) is 12.1 Å². The van der Waals surface area contributed by atoms with Gasteiger partial charge in [0, 0.05) is 49.1 Å². The number of carbonyl (C=O) groups excluding carboxylic acids is 1. The van der Waals surface area contributed by atoms with Crippen molar-refractivity contribution in [1.82, 2.24) is 9.80 Å². The van der Waals surface area contributed by atoms with Gasteiger partial charge in [0.15, 0.2) is 17.2 Å². The lowest BCUT2D eigenvalue weighted by Crippen LogP contribution is -2.56. The number of halogens is 1. The zero-order valence-electron chi connectivity index (χ0n) is 16.2. The molecule has 0 radical (unpaired) electrons. The van der Waals surface area contributed by atoms with Crippen LogP contribution in [0, 0.1) is 0 Å². The van der Waals surface area contributed by atoms with Gasteiger partial charge in [0.05, 0.1) is 25.9 Å². The second kappa shape index (κ2) is 7.15. The van der Waals surface area contributed by atoms with Gasteiger partial charge in [-0.1, -0.05) is 11.6 Å². The Bertz CT molecular complexity index is 741. The molecule has 27 heavy (non-hydrogen) atoms. The summed E-state index contributed by atoms with van der Waals surface area (Å²) in [5, 5.41) is 0.616. The second-order valence-electron chi connectivity index (χ2n) is 7.80. The number of hydrogen-bond donors (Lipinski definition) is 0. The third-order valence-corrected chi connectivity index (χ3v) is 5.98. The molecule has 1 amide bonds. The predicted octanol–water partition coefficient (Wildman–Crippen LogP) is 3.06. The first-order chi connectivity index (χ1) is 12.9. The molecule has 7 heteroatoms. The molecule has 1 spiro atoms. The number of carbonyl (C=O) groups is 1. The molecular weight excluding hydrogens is 368 g/mol. The van der Waals surface area contributed by atoms with Crippen LogP contribution in [0.5, 0.6) is 11.5 Å². The van der Waals surface area contributed by atoms with Crippen molar-refractivity contribution in [1.29, 1.82) is 0 Å². The highest BCUT2D eigenvalue weighted by Gasteiger charge is 2.60. The van der Waals surface area contributed by atoms with Crippen molar-refractivity contribution >= 4 is 17.5 Å². The Hall–Kier alpha value is -1.50. The summed E-state index contributed by atoms with van der Waals surface area (Å²) in [5.74, 6) is 1.56. The van der Waals surface area contributed by atoms with E-state index in [-0.39, 0.29) is 18.1 Å². The zero-order valence-corrected chi connectivity index (χ0v) is 16.9. The van der Waals surface area contributed by atoms with Crippen molar-refractivity contribution in [2.24, 2.45) is 0 Å². The fraction of sp³-hybridized carbons (Fsp3) is 0.650. The van der Waals surface area contributed by atoms with Gasteiger partial charge in [0.1, 0.15) is 0 Å². The summed E-state index contributed by atoms with van der Waals surface area (Å²) < 4.78 is 17.8. The zero-order chi connectivity index (χ0) is 19.2. The molecule has 148 valence electrons. The molecule has 0 saturated carbocycles. The fourth-order valence-electron chi connectivity index (χ4n) is 4.70. The molecule has 0 N–H and O–H groups in total. The fourth-order valence-corrected chi connectivity index (χ4v) is 4.93.